The van der Waals surface area contributed by atoms with E-state index < -0.39 is 10.0 Å². The molecule has 0 aliphatic carbocycles. The van der Waals surface area contributed by atoms with Crippen LogP contribution in [-0.2, 0) is 26.2 Å². The fraction of sp³-hybridized carbons (Fsp3) is 0.471. The van der Waals surface area contributed by atoms with E-state index >= 15 is 0 Å². The van der Waals surface area contributed by atoms with Crippen LogP contribution >= 0.6 is 0 Å². The van der Waals surface area contributed by atoms with Crippen molar-refractivity contribution in [2.45, 2.75) is 37.7 Å². The smallest absolute Gasteiger partial charge is 0.243 e. The van der Waals surface area contributed by atoms with Crippen molar-refractivity contribution in [2.24, 2.45) is 0 Å². The minimum Gasteiger partial charge on any atom is -0.368 e. The third-order valence-corrected chi connectivity index (χ3v) is 6.02. The Labute approximate surface area is 148 Å². The van der Waals surface area contributed by atoms with Crippen LogP contribution in [0.4, 0.5) is 0 Å². The highest BCUT2D eigenvalue weighted by Gasteiger charge is 2.35. The molecule has 1 aromatic heterocycles. The lowest BCUT2D eigenvalue weighted by molar-refractivity contribution is -0.0558. The molecule has 0 bridgehead atoms. The number of hydrogen-bond acceptors (Lipinski definition) is 5. The number of benzene rings is 1. The first kappa shape index (κ1) is 18.1. The summed E-state index contributed by atoms with van der Waals surface area (Å²) in [7, 11) is -1.96. The molecule has 1 aromatic carbocycles. The number of sulfonamides is 1. The molecule has 3 rings (SSSR count). The standard InChI is InChI=1S/C17H23N3O4S/c1-13-4-6-16(7-5-13)25(21,22)20-9-14(2)24-17(11-20)15-8-18-19(10-15)12-23-3/h4-8,10,14,17H,9,11-12H2,1-3H3/t14-,17-/m1/s1. The van der Waals surface area contributed by atoms with Gasteiger partial charge in [-0.1, -0.05) is 17.7 Å². The minimum absolute atomic E-state index is 0.204. The lowest BCUT2D eigenvalue weighted by Crippen LogP contribution is -2.45. The van der Waals surface area contributed by atoms with Crippen LogP contribution in [0.25, 0.3) is 0 Å². The van der Waals surface area contributed by atoms with Crippen molar-refractivity contribution in [1.82, 2.24) is 14.1 Å². The largest absolute Gasteiger partial charge is 0.368 e. The summed E-state index contributed by atoms with van der Waals surface area (Å²) in [4.78, 5) is 0.307. The molecule has 0 radical (unpaired) electrons. The topological polar surface area (TPSA) is 73.7 Å². The van der Waals surface area contributed by atoms with Crippen molar-refractivity contribution < 1.29 is 17.9 Å². The Bertz CT molecular complexity index is 817. The molecule has 8 heteroatoms. The van der Waals surface area contributed by atoms with Gasteiger partial charge in [0.25, 0.3) is 0 Å². The van der Waals surface area contributed by atoms with Gasteiger partial charge in [-0.15, -0.1) is 0 Å². The van der Waals surface area contributed by atoms with E-state index in [-0.39, 0.29) is 18.8 Å². The Balaban J connectivity index is 1.83. The van der Waals surface area contributed by atoms with E-state index in [9.17, 15) is 8.42 Å². The van der Waals surface area contributed by atoms with Gasteiger partial charge in [-0.25, -0.2) is 13.1 Å². The molecular formula is C17H23N3O4S. The zero-order valence-corrected chi connectivity index (χ0v) is 15.4. The molecule has 2 heterocycles. The van der Waals surface area contributed by atoms with Gasteiger partial charge in [0, 0.05) is 32.0 Å². The summed E-state index contributed by atoms with van der Waals surface area (Å²) in [6.07, 6.45) is 2.96. The lowest BCUT2D eigenvalue weighted by atomic mass is 10.1. The summed E-state index contributed by atoms with van der Waals surface area (Å²) in [6.45, 7) is 4.75. The molecule has 0 saturated carbocycles. The average molecular weight is 365 g/mol. The van der Waals surface area contributed by atoms with Crippen LogP contribution in [0.15, 0.2) is 41.6 Å². The second kappa shape index (κ2) is 7.25. The number of aryl methyl sites for hydroxylation is 1. The number of rotatable bonds is 5. The van der Waals surface area contributed by atoms with Crippen molar-refractivity contribution in [3.05, 3.63) is 47.8 Å². The van der Waals surface area contributed by atoms with Crippen molar-refractivity contribution in [3.63, 3.8) is 0 Å². The molecule has 1 aliphatic heterocycles. The van der Waals surface area contributed by atoms with E-state index in [1.807, 2.05) is 32.2 Å². The summed E-state index contributed by atoms with van der Waals surface area (Å²) < 4.78 is 40.0. The monoisotopic (exact) mass is 365 g/mol. The molecule has 0 N–H and O–H groups in total. The lowest BCUT2D eigenvalue weighted by Gasteiger charge is -2.35. The first-order chi connectivity index (χ1) is 11.9. The predicted molar refractivity (Wildman–Crippen MR) is 92.5 cm³/mol. The summed E-state index contributed by atoms with van der Waals surface area (Å²) in [5, 5.41) is 4.20. The Morgan fingerprint density at radius 2 is 2.00 bits per heavy atom. The van der Waals surface area contributed by atoms with Crippen LogP contribution in [0.3, 0.4) is 0 Å². The third kappa shape index (κ3) is 3.92. The first-order valence-electron chi connectivity index (χ1n) is 8.13. The van der Waals surface area contributed by atoms with E-state index in [0.29, 0.717) is 18.2 Å². The summed E-state index contributed by atoms with van der Waals surface area (Å²) in [6, 6.07) is 6.92. The number of morpholine rings is 1. The summed E-state index contributed by atoms with van der Waals surface area (Å²) >= 11 is 0. The van der Waals surface area contributed by atoms with Gasteiger partial charge < -0.3 is 9.47 Å². The van der Waals surface area contributed by atoms with Crippen LogP contribution in [0, 0.1) is 6.92 Å². The maximum absolute atomic E-state index is 13.0. The van der Waals surface area contributed by atoms with Crippen molar-refractivity contribution in [2.75, 3.05) is 20.2 Å². The van der Waals surface area contributed by atoms with Gasteiger partial charge >= 0.3 is 0 Å². The Kier molecular flexibility index (Phi) is 5.24. The fourth-order valence-corrected chi connectivity index (χ4v) is 4.42. The number of nitrogens with zero attached hydrogens (tertiary/aromatic N) is 3. The molecule has 0 spiro atoms. The fourth-order valence-electron chi connectivity index (χ4n) is 2.90. The molecule has 25 heavy (non-hydrogen) atoms. The molecule has 7 nitrogen and oxygen atoms in total. The van der Waals surface area contributed by atoms with Crippen LogP contribution in [0.5, 0.6) is 0 Å². The number of ether oxygens (including phenoxy) is 2. The second-order valence-electron chi connectivity index (χ2n) is 6.30. The van der Waals surface area contributed by atoms with Gasteiger partial charge in [0.2, 0.25) is 10.0 Å². The Morgan fingerprint density at radius 3 is 2.68 bits per heavy atom. The number of hydrogen-bond donors (Lipinski definition) is 0. The van der Waals surface area contributed by atoms with E-state index in [2.05, 4.69) is 5.10 Å². The van der Waals surface area contributed by atoms with Crippen molar-refractivity contribution >= 4 is 10.0 Å². The highest BCUT2D eigenvalue weighted by Crippen LogP contribution is 2.29. The molecule has 2 atom stereocenters. The van der Waals surface area contributed by atoms with Crippen LogP contribution in [0.1, 0.15) is 24.2 Å². The molecular weight excluding hydrogens is 342 g/mol. The quantitative estimate of drug-likeness (QED) is 0.810. The maximum atomic E-state index is 13.0. The van der Waals surface area contributed by atoms with E-state index in [4.69, 9.17) is 9.47 Å². The van der Waals surface area contributed by atoms with Crippen molar-refractivity contribution in [3.8, 4) is 0 Å². The van der Waals surface area contributed by atoms with E-state index in [1.54, 1.807) is 30.1 Å². The molecule has 0 unspecified atom stereocenters. The normalized spacial score (nSPS) is 22.2. The molecule has 136 valence electrons. The predicted octanol–water partition coefficient (Wildman–Crippen LogP) is 1.95. The Hall–Kier alpha value is -1.74. The van der Waals surface area contributed by atoms with Gasteiger partial charge in [-0.3, -0.25) is 0 Å². The summed E-state index contributed by atoms with van der Waals surface area (Å²) in [5.74, 6) is 0. The van der Waals surface area contributed by atoms with Crippen LogP contribution < -0.4 is 0 Å². The second-order valence-corrected chi connectivity index (χ2v) is 8.24. The minimum atomic E-state index is -3.55. The Morgan fingerprint density at radius 1 is 1.28 bits per heavy atom. The highest BCUT2D eigenvalue weighted by atomic mass is 32.2. The zero-order chi connectivity index (χ0) is 18.0. The third-order valence-electron chi connectivity index (χ3n) is 4.17. The number of aromatic nitrogens is 2. The molecule has 1 aliphatic rings. The maximum Gasteiger partial charge on any atom is 0.243 e. The highest BCUT2D eigenvalue weighted by molar-refractivity contribution is 7.89. The van der Waals surface area contributed by atoms with Gasteiger partial charge in [-0.2, -0.15) is 9.40 Å². The first-order valence-corrected chi connectivity index (χ1v) is 9.57. The van der Waals surface area contributed by atoms with Crippen LogP contribution in [0.2, 0.25) is 0 Å². The molecule has 2 aromatic rings. The van der Waals surface area contributed by atoms with E-state index in [0.717, 1.165) is 11.1 Å². The van der Waals surface area contributed by atoms with Gasteiger partial charge in [0.1, 0.15) is 6.73 Å². The van der Waals surface area contributed by atoms with Crippen molar-refractivity contribution in [1.29, 1.82) is 0 Å². The molecule has 1 fully saturated rings. The molecule has 0 amide bonds. The van der Waals surface area contributed by atoms with Gasteiger partial charge in [-0.05, 0) is 26.0 Å². The van der Waals surface area contributed by atoms with Crippen LogP contribution in [-0.4, -0.2) is 48.8 Å². The number of methoxy groups -OCH3 is 1. The zero-order valence-electron chi connectivity index (χ0n) is 14.6. The molecule has 1 saturated heterocycles. The van der Waals surface area contributed by atoms with E-state index in [1.165, 1.54) is 4.31 Å². The SMILES string of the molecule is COCn1cc([C@H]2CN(S(=O)(=O)c3ccc(C)cc3)C[C@@H](C)O2)cn1. The van der Waals surface area contributed by atoms with Gasteiger partial charge in [0.05, 0.1) is 23.3 Å². The average Bonchev–Trinajstić information content (AvgIpc) is 3.04. The summed E-state index contributed by atoms with van der Waals surface area (Å²) in [5.41, 5.74) is 1.87. The van der Waals surface area contributed by atoms with Gasteiger partial charge in [0.15, 0.2) is 0 Å².